The zero-order valence-corrected chi connectivity index (χ0v) is 11.2. The molecule has 0 aliphatic rings. The standard InChI is InChI=1S/C15H18N2O2/c1-3-13(15-9-6-10-19-15)17-16-11-12-7-4-5-8-14(12)18-2/h4-10,16H,3,11H2,1-2H3/b17-13-. The molecule has 0 aliphatic heterocycles. The molecule has 0 saturated carbocycles. The zero-order valence-electron chi connectivity index (χ0n) is 11.2. The summed E-state index contributed by atoms with van der Waals surface area (Å²) in [6.07, 6.45) is 2.47. The van der Waals surface area contributed by atoms with Crippen molar-refractivity contribution in [2.45, 2.75) is 19.9 Å². The zero-order chi connectivity index (χ0) is 13.5. The summed E-state index contributed by atoms with van der Waals surface area (Å²) in [5.74, 6) is 1.66. The minimum absolute atomic E-state index is 0.619. The summed E-state index contributed by atoms with van der Waals surface area (Å²) in [5, 5.41) is 4.37. The van der Waals surface area contributed by atoms with E-state index in [0.29, 0.717) is 6.54 Å². The second-order valence-electron chi connectivity index (χ2n) is 4.04. The maximum atomic E-state index is 5.34. The Morgan fingerprint density at radius 2 is 2.11 bits per heavy atom. The summed E-state index contributed by atoms with van der Waals surface area (Å²) in [6.45, 7) is 2.67. The minimum atomic E-state index is 0.619. The summed E-state index contributed by atoms with van der Waals surface area (Å²) in [6, 6.07) is 11.7. The monoisotopic (exact) mass is 258 g/mol. The predicted molar refractivity (Wildman–Crippen MR) is 75.4 cm³/mol. The first-order valence-corrected chi connectivity index (χ1v) is 6.30. The van der Waals surface area contributed by atoms with Gasteiger partial charge in [0.1, 0.15) is 17.2 Å². The first kappa shape index (κ1) is 13.2. The molecule has 0 fully saturated rings. The molecule has 19 heavy (non-hydrogen) atoms. The van der Waals surface area contributed by atoms with Crippen molar-refractivity contribution in [2.75, 3.05) is 7.11 Å². The molecule has 0 bridgehead atoms. The van der Waals surface area contributed by atoms with Gasteiger partial charge < -0.3 is 14.6 Å². The van der Waals surface area contributed by atoms with Crippen molar-refractivity contribution in [1.82, 2.24) is 5.43 Å². The first-order chi connectivity index (χ1) is 9.35. The van der Waals surface area contributed by atoms with Crippen molar-refractivity contribution in [1.29, 1.82) is 0 Å². The van der Waals surface area contributed by atoms with Crippen LogP contribution in [0.3, 0.4) is 0 Å². The Kier molecular flexibility index (Phi) is 4.61. The molecule has 4 heteroatoms. The van der Waals surface area contributed by atoms with Crippen molar-refractivity contribution in [3.05, 3.63) is 54.0 Å². The van der Waals surface area contributed by atoms with Gasteiger partial charge in [0.2, 0.25) is 0 Å². The Morgan fingerprint density at radius 3 is 2.79 bits per heavy atom. The van der Waals surface area contributed by atoms with Crippen LogP contribution in [-0.4, -0.2) is 12.8 Å². The number of ether oxygens (including phenoxy) is 1. The van der Waals surface area contributed by atoms with Gasteiger partial charge >= 0.3 is 0 Å². The van der Waals surface area contributed by atoms with Gasteiger partial charge in [-0.2, -0.15) is 5.10 Å². The Labute approximate surface area is 113 Å². The summed E-state index contributed by atoms with van der Waals surface area (Å²) in [7, 11) is 1.67. The number of nitrogens with zero attached hydrogens (tertiary/aromatic N) is 1. The highest BCUT2D eigenvalue weighted by Gasteiger charge is 2.04. The van der Waals surface area contributed by atoms with Crippen LogP contribution in [0.25, 0.3) is 0 Å². The molecule has 0 amide bonds. The number of rotatable bonds is 6. The topological polar surface area (TPSA) is 46.8 Å². The Morgan fingerprint density at radius 1 is 1.26 bits per heavy atom. The third-order valence-corrected chi connectivity index (χ3v) is 2.82. The van der Waals surface area contributed by atoms with Crippen LogP contribution in [0, 0.1) is 0 Å². The predicted octanol–water partition coefficient (Wildman–Crippen LogP) is 3.19. The van der Waals surface area contributed by atoms with Gasteiger partial charge in [0, 0.05) is 5.56 Å². The molecule has 2 rings (SSSR count). The number of hydrazone groups is 1. The smallest absolute Gasteiger partial charge is 0.149 e. The Hall–Kier alpha value is -2.23. The largest absolute Gasteiger partial charge is 0.496 e. The SMILES string of the molecule is CC/C(=N/NCc1ccccc1OC)c1ccco1. The molecule has 0 saturated heterocycles. The molecule has 1 N–H and O–H groups in total. The van der Waals surface area contributed by atoms with Gasteiger partial charge in [0.25, 0.3) is 0 Å². The summed E-state index contributed by atoms with van der Waals surface area (Å²) in [5.41, 5.74) is 5.04. The number of benzene rings is 1. The van der Waals surface area contributed by atoms with E-state index in [1.807, 2.05) is 43.3 Å². The van der Waals surface area contributed by atoms with Crippen LogP contribution < -0.4 is 10.2 Å². The number of hydrogen-bond donors (Lipinski definition) is 1. The second-order valence-corrected chi connectivity index (χ2v) is 4.04. The van der Waals surface area contributed by atoms with E-state index in [1.54, 1.807) is 13.4 Å². The van der Waals surface area contributed by atoms with Crippen molar-refractivity contribution in [3.8, 4) is 5.75 Å². The fourth-order valence-corrected chi connectivity index (χ4v) is 1.82. The molecule has 0 atom stereocenters. The van der Waals surface area contributed by atoms with Gasteiger partial charge in [-0.1, -0.05) is 25.1 Å². The highest BCUT2D eigenvalue weighted by Crippen LogP contribution is 2.16. The van der Waals surface area contributed by atoms with Crippen LogP contribution in [0.15, 0.2) is 52.2 Å². The van der Waals surface area contributed by atoms with E-state index in [2.05, 4.69) is 10.5 Å². The molecule has 4 nitrogen and oxygen atoms in total. The summed E-state index contributed by atoms with van der Waals surface area (Å²) in [4.78, 5) is 0. The number of furan rings is 1. The first-order valence-electron chi connectivity index (χ1n) is 6.30. The molecule has 2 aromatic rings. The van der Waals surface area contributed by atoms with Crippen molar-refractivity contribution < 1.29 is 9.15 Å². The van der Waals surface area contributed by atoms with Crippen LogP contribution in [0.4, 0.5) is 0 Å². The summed E-state index contributed by atoms with van der Waals surface area (Å²) < 4.78 is 10.6. The molecule has 0 radical (unpaired) electrons. The molecule has 1 aromatic carbocycles. The minimum Gasteiger partial charge on any atom is -0.496 e. The van der Waals surface area contributed by atoms with E-state index in [0.717, 1.165) is 29.2 Å². The van der Waals surface area contributed by atoms with Gasteiger partial charge in [-0.3, -0.25) is 0 Å². The fourth-order valence-electron chi connectivity index (χ4n) is 1.82. The fraction of sp³-hybridized carbons (Fsp3) is 0.267. The van der Waals surface area contributed by atoms with E-state index >= 15 is 0 Å². The van der Waals surface area contributed by atoms with E-state index < -0.39 is 0 Å². The molecule has 0 aliphatic carbocycles. The maximum Gasteiger partial charge on any atom is 0.149 e. The van der Waals surface area contributed by atoms with Gasteiger partial charge in [-0.15, -0.1) is 0 Å². The van der Waals surface area contributed by atoms with Crippen LogP contribution in [0.1, 0.15) is 24.7 Å². The van der Waals surface area contributed by atoms with E-state index in [9.17, 15) is 0 Å². The molecule has 0 unspecified atom stereocenters. The number of hydrogen-bond acceptors (Lipinski definition) is 4. The highest BCUT2D eigenvalue weighted by atomic mass is 16.5. The highest BCUT2D eigenvalue weighted by molar-refractivity contribution is 5.97. The quantitative estimate of drug-likeness (QED) is 0.639. The maximum absolute atomic E-state index is 5.34. The normalized spacial score (nSPS) is 11.4. The summed E-state index contributed by atoms with van der Waals surface area (Å²) >= 11 is 0. The third-order valence-electron chi connectivity index (χ3n) is 2.82. The van der Waals surface area contributed by atoms with Crippen LogP contribution in [0.5, 0.6) is 5.75 Å². The van der Waals surface area contributed by atoms with Crippen molar-refractivity contribution in [3.63, 3.8) is 0 Å². The van der Waals surface area contributed by atoms with Crippen molar-refractivity contribution >= 4 is 5.71 Å². The van der Waals surface area contributed by atoms with Gasteiger partial charge in [-0.05, 0) is 24.6 Å². The molecule has 1 aromatic heterocycles. The second kappa shape index (κ2) is 6.64. The average molecular weight is 258 g/mol. The number of methoxy groups -OCH3 is 1. The Bertz CT molecular complexity index is 533. The van der Waals surface area contributed by atoms with E-state index in [1.165, 1.54) is 0 Å². The lowest BCUT2D eigenvalue weighted by atomic mass is 10.2. The lowest BCUT2D eigenvalue weighted by molar-refractivity contribution is 0.408. The number of nitrogens with one attached hydrogen (secondary N) is 1. The molecule has 0 spiro atoms. The lowest BCUT2D eigenvalue weighted by Crippen LogP contribution is -2.11. The molecular formula is C15H18N2O2. The average Bonchev–Trinajstić information content (AvgIpc) is 2.98. The van der Waals surface area contributed by atoms with Gasteiger partial charge in [0.05, 0.1) is 19.9 Å². The van der Waals surface area contributed by atoms with Gasteiger partial charge in [-0.25, -0.2) is 0 Å². The van der Waals surface area contributed by atoms with Crippen molar-refractivity contribution in [2.24, 2.45) is 5.10 Å². The molecule has 1 heterocycles. The molecular weight excluding hydrogens is 240 g/mol. The van der Waals surface area contributed by atoms with Crippen LogP contribution in [-0.2, 0) is 6.54 Å². The van der Waals surface area contributed by atoms with Gasteiger partial charge in [0.15, 0.2) is 0 Å². The Balaban J connectivity index is 2.02. The number of para-hydroxylation sites is 1. The van der Waals surface area contributed by atoms with Crippen LogP contribution in [0.2, 0.25) is 0 Å². The van der Waals surface area contributed by atoms with E-state index in [4.69, 9.17) is 9.15 Å². The van der Waals surface area contributed by atoms with E-state index in [-0.39, 0.29) is 0 Å². The lowest BCUT2D eigenvalue weighted by Gasteiger charge is -2.08. The molecule has 100 valence electrons. The third kappa shape index (κ3) is 3.37. The van der Waals surface area contributed by atoms with Crippen LogP contribution >= 0.6 is 0 Å².